The van der Waals surface area contributed by atoms with Crippen molar-refractivity contribution in [2.75, 3.05) is 5.73 Å². The molecular formula is C12H11NO3S. The van der Waals surface area contributed by atoms with Crippen LogP contribution in [0, 0.1) is 12.1 Å². The summed E-state index contributed by atoms with van der Waals surface area (Å²) in [5.41, 5.74) is 5.14. The molecule has 0 aliphatic rings. The lowest BCUT2D eigenvalue weighted by Crippen LogP contribution is -2.02. The van der Waals surface area contributed by atoms with Crippen molar-refractivity contribution in [1.82, 2.24) is 0 Å². The van der Waals surface area contributed by atoms with Crippen molar-refractivity contribution in [1.29, 1.82) is 0 Å². The van der Waals surface area contributed by atoms with Crippen LogP contribution in [0.1, 0.15) is 0 Å². The van der Waals surface area contributed by atoms with E-state index in [1.807, 2.05) is 30.3 Å². The molecule has 2 rings (SSSR count). The predicted molar refractivity (Wildman–Crippen MR) is 64.8 cm³/mol. The maximum absolute atomic E-state index is 10.5. The first-order valence-corrected chi connectivity index (χ1v) is 6.10. The van der Waals surface area contributed by atoms with Crippen LogP contribution in [0.2, 0.25) is 0 Å². The Bertz CT molecular complexity index is 526. The van der Waals surface area contributed by atoms with Gasteiger partial charge in [0.2, 0.25) is 0 Å². The fourth-order valence-corrected chi connectivity index (χ4v) is 1.59. The van der Waals surface area contributed by atoms with Crippen molar-refractivity contribution in [2.24, 2.45) is 0 Å². The summed E-state index contributed by atoms with van der Waals surface area (Å²) in [7, 11) is -4.19. The van der Waals surface area contributed by atoms with Crippen LogP contribution in [-0.4, -0.2) is 13.0 Å². The van der Waals surface area contributed by atoms with Crippen molar-refractivity contribution in [3.05, 3.63) is 60.7 Å². The highest BCUT2D eigenvalue weighted by atomic mass is 32.2. The van der Waals surface area contributed by atoms with Crippen LogP contribution < -0.4 is 5.73 Å². The maximum Gasteiger partial charge on any atom is 0.296 e. The molecule has 17 heavy (non-hydrogen) atoms. The fourth-order valence-electron chi connectivity index (χ4n) is 1.00. The third kappa shape index (κ3) is 4.67. The fraction of sp³-hybridized carbons (Fsp3) is 0. The van der Waals surface area contributed by atoms with Gasteiger partial charge in [-0.2, -0.15) is 8.42 Å². The van der Waals surface area contributed by atoms with Crippen LogP contribution in [0.4, 0.5) is 5.69 Å². The van der Waals surface area contributed by atoms with Crippen molar-refractivity contribution < 1.29 is 13.0 Å². The second-order valence-corrected chi connectivity index (χ2v) is 4.39. The van der Waals surface area contributed by atoms with E-state index in [1.165, 1.54) is 18.2 Å². The molecule has 2 aromatic carbocycles. The van der Waals surface area contributed by atoms with Crippen LogP contribution in [0.3, 0.4) is 0 Å². The highest BCUT2D eigenvalue weighted by molar-refractivity contribution is 7.86. The smallest absolute Gasteiger partial charge is 0.296 e. The van der Waals surface area contributed by atoms with Gasteiger partial charge in [0.15, 0.2) is 0 Å². The molecule has 0 heterocycles. The Morgan fingerprint density at radius 1 is 1.06 bits per heavy atom. The van der Waals surface area contributed by atoms with Crippen LogP contribution in [0.5, 0.6) is 0 Å². The first-order valence-electron chi connectivity index (χ1n) is 4.66. The van der Waals surface area contributed by atoms with Gasteiger partial charge in [-0.25, -0.2) is 0 Å². The minimum atomic E-state index is -4.19. The van der Waals surface area contributed by atoms with Gasteiger partial charge in [-0.1, -0.05) is 42.5 Å². The lowest BCUT2D eigenvalue weighted by atomic mass is 10.3. The van der Waals surface area contributed by atoms with Gasteiger partial charge in [0, 0.05) is 6.07 Å². The molecule has 2 aromatic rings. The molecule has 4 nitrogen and oxygen atoms in total. The second kappa shape index (κ2) is 6.03. The summed E-state index contributed by atoms with van der Waals surface area (Å²) in [5, 5.41) is 0. The average molecular weight is 249 g/mol. The normalized spacial score (nSPS) is 10.2. The van der Waals surface area contributed by atoms with E-state index in [4.69, 9.17) is 10.3 Å². The van der Waals surface area contributed by atoms with E-state index in [-0.39, 0.29) is 10.6 Å². The number of hydrogen-bond acceptors (Lipinski definition) is 3. The van der Waals surface area contributed by atoms with Crippen LogP contribution in [0.25, 0.3) is 0 Å². The van der Waals surface area contributed by atoms with E-state index in [0.29, 0.717) is 0 Å². The first-order chi connectivity index (χ1) is 8.02. The van der Waals surface area contributed by atoms with Gasteiger partial charge in [-0.15, -0.1) is 0 Å². The van der Waals surface area contributed by atoms with Crippen molar-refractivity contribution in [3.8, 4) is 0 Å². The highest BCUT2D eigenvalue weighted by Gasteiger charge is 2.11. The predicted octanol–water partition coefficient (Wildman–Crippen LogP) is 1.80. The summed E-state index contributed by atoms with van der Waals surface area (Å²) in [6.45, 7) is 0. The largest absolute Gasteiger partial charge is 0.397 e. The molecule has 0 unspecified atom stereocenters. The van der Waals surface area contributed by atoms with Gasteiger partial charge in [0.05, 0.1) is 5.69 Å². The molecule has 3 N–H and O–H groups in total. The maximum atomic E-state index is 10.5. The minimum absolute atomic E-state index is 0.0741. The topological polar surface area (TPSA) is 80.4 Å². The van der Waals surface area contributed by atoms with E-state index in [1.54, 1.807) is 0 Å². The molecule has 0 saturated carbocycles. The molecule has 0 aliphatic carbocycles. The molecule has 0 atom stereocenters. The standard InChI is InChI=1S/C6H6NO3S.C6H5/c7-5-3-1-2-4-6(5)11(8,9)10;1-2-4-6-5-3-1/h1-2,4H,7H2,(H,8,9,10);1-5H. The quantitative estimate of drug-likeness (QED) is 0.596. The number of nitrogen functional groups attached to an aromatic ring is 1. The van der Waals surface area contributed by atoms with Gasteiger partial charge in [0.25, 0.3) is 10.1 Å². The zero-order chi connectivity index (χ0) is 12.7. The van der Waals surface area contributed by atoms with E-state index in [9.17, 15) is 8.42 Å². The Morgan fingerprint density at radius 3 is 2.00 bits per heavy atom. The molecule has 0 spiro atoms. The lowest BCUT2D eigenvalue weighted by Gasteiger charge is -1.98. The first kappa shape index (κ1) is 13.2. The van der Waals surface area contributed by atoms with Crippen molar-refractivity contribution in [3.63, 3.8) is 0 Å². The number of anilines is 1. The minimum Gasteiger partial charge on any atom is -0.397 e. The molecular weight excluding hydrogens is 238 g/mol. The number of rotatable bonds is 1. The summed E-state index contributed by atoms with van der Waals surface area (Å²) in [6.07, 6.45) is 0. The van der Waals surface area contributed by atoms with Gasteiger partial charge >= 0.3 is 0 Å². The third-order valence-corrected chi connectivity index (χ3v) is 2.64. The molecule has 0 aliphatic heterocycles. The monoisotopic (exact) mass is 249 g/mol. The zero-order valence-corrected chi connectivity index (χ0v) is 9.68. The molecule has 5 heteroatoms. The van der Waals surface area contributed by atoms with Gasteiger partial charge < -0.3 is 5.73 Å². The molecule has 0 saturated heterocycles. The number of benzene rings is 2. The second-order valence-electron chi connectivity index (χ2n) is 3.00. The lowest BCUT2D eigenvalue weighted by molar-refractivity contribution is 0.483. The van der Waals surface area contributed by atoms with E-state index < -0.39 is 10.1 Å². The molecule has 0 aromatic heterocycles. The summed E-state index contributed by atoms with van der Waals surface area (Å²) < 4.78 is 29.6. The Morgan fingerprint density at radius 2 is 1.71 bits per heavy atom. The Labute approximate surface area is 100 Å². The van der Waals surface area contributed by atoms with Gasteiger partial charge in [-0.05, 0) is 12.1 Å². The molecule has 0 amide bonds. The van der Waals surface area contributed by atoms with Crippen molar-refractivity contribution >= 4 is 15.8 Å². The zero-order valence-electron chi connectivity index (χ0n) is 8.87. The summed E-state index contributed by atoms with van der Waals surface area (Å²) in [6, 6.07) is 19.0. The highest BCUT2D eigenvalue weighted by Crippen LogP contribution is 2.15. The Kier molecular flexibility index (Phi) is 4.68. The van der Waals surface area contributed by atoms with Gasteiger partial charge in [-0.3, -0.25) is 4.55 Å². The molecule has 88 valence electrons. The number of nitrogens with two attached hydrogens (primary N) is 1. The van der Waals surface area contributed by atoms with E-state index in [2.05, 4.69) is 12.1 Å². The summed E-state index contributed by atoms with van der Waals surface area (Å²) >= 11 is 0. The van der Waals surface area contributed by atoms with Crippen molar-refractivity contribution in [2.45, 2.75) is 4.90 Å². The SMILES string of the molecule is Nc1[c]cccc1S(=O)(=O)O.[c]1ccccc1. The van der Waals surface area contributed by atoms with Crippen LogP contribution in [0.15, 0.2) is 53.4 Å². The summed E-state index contributed by atoms with van der Waals surface area (Å²) in [4.78, 5) is -0.306. The molecule has 0 bridgehead atoms. The Balaban J connectivity index is 0.000000202. The number of hydrogen-bond donors (Lipinski definition) is 2. The summed E-state index contributed by atoms with van der Waals surface area (Å²) in [5.74, 6) is 0. The van der Waals surface area contributed by atoms with Crippen LogP contribution in [-0.2, 0) is 10.1 Å². The van der Waals surface area contributed by atoms with E-state index in [0.717, 1.165) is 0 Å². The molecule has 2 radical (unpaired) electrons. The third-order valence-electron chi connectivity index (χ3n) is 1.73. The van der Waals surface area contributed by atoms with E-state index >= 15 is 0 Å². The van der Waals surface area contributed by atoms with Gasteiger partial charge in [0.1, 0.15) is 4.90 Å². The number of para-hydroxylation sites is 1. The molecule has 0 fully saturated rings. The van der Waals surface area contributed by atoms with Crippen LogP contribution >= 0.6 is 0 Å². The average Bonchev–Trinajstić information content (AvgIpc) is 2.31. The Hall–Kier alpha value is -1.85.